The summed E-state index contributed by atoms with van der Waals surface area (Å²) in [4.78, 5) is 0. The highest BCUT2D eigenvalue weighted by Gasteiger charge is 1.93. The lowest BCUT2D eigenvalue weighted by Gasteiger charge is -2.02. The monoisotopic (exact) mass is 257 g/mol. The summed E-state index contributed by atoms with van der Waals surface area (Å²) in [5.41, 5.74) is 0. The van der Waals surface area contributed by atoms with Crippen LogP contribution in [-0.2, 0) is 0 Å². The lowest BCUT2D eigenvalue weighted by atomic mass is 10.1. The molecule has 103 valence electrons. The van der Waals surface area contributed by atoms with Gasteiger partial charge in [0.1, 0.15) is 0 Å². The smallest absolute Gasteiger partial charge is 0.0166 e. The van der Waals surface area contributed by atoms with E-state index in [-0.39, 0.29) is 0 Å². The first-order valence-corrected chi connectivity index (χ1v) is 8.90. The van der Waals surface area contributed by atoms with Crippen LogP contribution in [0.15, 0.2) is 0 Å². The molecule has 0 saturated carbocycles. The third-order valence-corrected chi connectivity index (χ3v) is 4.15. The summed E-state index contributed by atoms with van der Waals surface area (Å²) in [6.07, 6.45) is 17.0. The Hall–Kier alpha value is 0.350. The van der Waals surface area contributed by atoms with Gasteiger partial charge in [-0.2, -0.15) is 11.8 Å². The third kappa shape index (κ3) is 16.4. The topological polar surface area (TPSA) is 0 Å². The van der Waals surface area contributed by atoms with Crippen LogP contribution in [0.1, 0.15) is 90.9 Å². The molecule has 0 amide bonds. The van der Waals surface area contributed by atoms with Crippen LogP contribution in [0, 0.1) is 5.75 Å². The van der Waals surface area contributed by atoms with E-state index in [1.54, 1.807) is 0 Å². The van der Waals surface area contributed by atoms with E-state index in [0.29, 0.717) is 0 Å². The predicted octanol–water partition coefficient (Wildman–Crippen LogP) is 6.60. The molecule has 0 atom stereocenters. The van der Waals surface area contributed by atoms with Gasteiger partial charge < -0.3 is 0 Å². The summed E-state index contributed by atoms with van der Waals surface area (Å²) in [7, 11) is 0. The number of unbranched alkanes of at least 4 members (excludes halogenated alkanes) is 10. The van der Waals surface area contributed by atoms with Crippen LogP contribution in [-0.4, -0.2) is 5.75 Å². The van der Waals surface area contributed by atoms with Gasteiger partial charge in [-0.3, -0.25) is 0 Å². The van der Waals surface area contributed by atoms with Crippen molar-refractivity contribution in [2.45, 2.75) is 90.9 Å². The average Bonchev–Trinajstić information content (AvgIpc) is 2.35. The van der Waals surface area contributed by atoms with Crippen LogP contribution in [0.4, 0.5) is 0 Å². The normalized spacial score (nSPS) is 10.9. The molecule has 1 radical (unpaired) electrons. The van der Waals surface area contributed by atoms with Gasteiger partial charge in [-0.05, 0) is 18.6 Å². The maximum atomic E-state index is 2.43. The van der Waals surface area contributed by atoms with Gasteiger partial charge in [0.15, 0.2) is 0 Å². The lowest BCUT2D eigenvalue weighted by Crippen LogP contribution is -1.82. The zero-order chi connectivity index (χ0) is 12.6. The van der Waals surface area contributed by atoms with Gasteiger partial charge >= 0.3 is 0 Å². The van der Waals surface area contributed by atoms with Gasteiger partial charge in [0.05, 0.1) is 0 Å². The highest BCUT2D eigenvalue weighted by atomic mass is 32.2. The van der Waals surface area contributed by atoms with E-state index in [9.17, 15) is 0 Å². The minimum Gasteiger partial charge on any atom is -0.157 e. The molecule has 0 nitrogen and oxygen atoms in total. The largest absolute Gasteiger partial charge is 0.157 e. The molecule has 0 aliphatic heterocycles. The molecule has 0 bridgehead atoms. The van der Waals surface area contributed by atoms with Crippen LogP contribution >= 0.6 is 11.8 Å². The fourth-order valence-electron chi connectivity index (χ4n) is 1.93. The quantitative estimate of drug-likeness (QED) is 0.316. The molecule has 0 spiro atoms. The van der Waals surface area contributed by atoms with Crippen molar-refractivity contribution in [3.8, 4) is 0 Å². The number of hydrogen-bond donors (Lipinski definition) is 0. The van der Waals surface area contributed by atoms with Crippen LogP contribution in [0.25, 0.3) is 0 Å². The Labute approximate surface area is 114 Å². The molecule has 0 aromatic carbocycles. The van der Waals surface area contributed by atoms with Crippen molar-refractivity contribution in [3.05, 3.63) is 5.75 Å². The zero-order valence-corrected chi connectivity index (χ0v) is 13.0. The fourth-order valence-corrected chi connectivity index (χ4v) is 2.89. The molecule has 0 unspecified atom stereocenters. The highest BCUT2D eigenvalue weighted by molar-refractivity contribution is 8.01. The van der Waals surface area contributed by atoms with Crippen molar-refractivity contribution in [2.24, 2.45) is 0 Å². The SMILES string of the molecule is CCCCCCCCCCC[CH]SCCCC. The van der Waals surface area contributed by atoms with Crippen molar-refractivity contribution in [3.63, 3.8) is 0 Å². The van der Waals surface area contributed by atoms with Gasteiger partial charge in [-0.25, -0.2) is 0 Å². The van der Waals surface area contributed by atoms with Crippen molar-refractivity contribution in [2.75, 3.05) is 5.75 Å². The highest BCUT2D eigenvalue weighted by Crippen LogP contribution is 2.15. The second-order valence-electron chi connectivity index (χ2n) is 5.01. The van der Waals surface area contributed by atoms with Gasteiger partial charge in [-0.1, -0.05) is 78.1 Å². The molecule has 1 heteroatoms. The molecule has 0 aromatic heterocycles. The Kier molecular flexibility index (Phi) is 16.7. The molecule has 0 saturated heterocycles. The van der Waals surface area contributed by atoms with Crippen LogP contribution in [0.5, 0.6) is 0 Å². The Morgan fingerprint density at radius 3 is 1.76 bits per heavy atom. The second kappa shape index (κ2) is 16.4. The molecule has 0 heterocycles. The molecule has 0 fully saturated rings. The molecule has 0 aromatic rings. The predicted molar refractivity (Wildman–Crippen MR) is 83.5 cm³/mol. The van der Waals surface area contributed by atoms with Gasteiger partial charge in [0.25, 0.3) is 0 Å². The van der Waals surface area contributed by atoms with Crippen molar-refractivity contribution < 1.29 is 0 Å². The summed E-state index contributed by atoms with van der Waals surface area (Å²) in [5, 5.41) is 0. The summed E-state index contributed by atoms with van der Waals surface area (Å²) >= 11 is 2.03. The Bertz CT molecular complexity index is 109. The summed E-state index contributed by atoms with van der Waals surface area (Å²) < 4.78 is 0. The lowest BCUT2D eigenvalue weighted by molar-refractivity contribution is 0.565. The van der Waals surface area contributed by atoms with Crippen molar-refractivity contribution >= 4 is 11.8 Å². The molecule has 17 heavy (non-hydrogen) atoms. The first-order valence-electron chi connectivity index (χ1n) is 7.85. The molecule has 0 aliphatic rings. The standard InChI is InChI=1S/C16H33S/c1-3-5-7-8-9-10-11-12-13-14-16-17-15-6-4-2/h16H,3-15H2,1-2H3. The fraction of sp³-hybridized carbons (Fsp3) is 0.938. The maximum Gasteiger partial charge on any atom is 0.0166 e. The van der Waals surface area contributed by atoms with Gasteiger partial charge in [0, 0.05) is 5.75 Å². The molecular weight excluding hydrogens is 224 g/mol. The van der Waals surface area contributed by atoms with E-state index < -0.39 is 0 Å². The minimum absolute atomic E-state index is 1.32. The van der Waals surface area contributed by atoms with E-state index in [1.165, 1.54) is 82.8 Å². The molecule has 0 rings (SSSR count). The summed E-state index contributed by atoms with van der Waals surface area (Å²) in [6, 6.07) is 0. The van der Waals surface area contributed by atoms with Gasteiger partial charge in [-0.15, -0.1) is 0 Å². The Balaban J connectivity index is 2.85. The van der Waals surface area contributed by atoms with E-state index in [0.717, 1.165) is 0 Å². The van der Waals surface area contributed by atoms with Crippen LogP contribution < -0.4 is 0 Å². The molecule has 0 N–H and O–H groups in total. The third-order valence-electron chi connectivity index (χ3n) is 3.16. The van der Waals surface area contributed by atoms with E-state index in [1.807, 2.05) is 11.8 Å². The first kappa shape index (κ1) is 17.4. The number of hydrogen-bond acceptors (Lipinski definition) is 1. The molecule has 0 aliphatic carbocycles. The second-order valence-corrected chi connectivity index (χ2v) is 6.08. The first-order chi connectivity index (χ1) is 8.41. The summed E-state index contributed by atoms with van der Waals surface area (Å²) in [5.74, 6) is 3.75. The average molecular weight is 258 g/mol. The van der Waals surface area contributed by atoms with E-state index in [4.69, 9.17) is 0 Å². The van der Waals surface area contributed by atoms with E-state index >= 15 is 0 Å². The Morgan fingerprint density at radius 2 is 1.18 bits per heavy atom. The van der Waals surface area contributed by atoms with Crippen molar-refractivity contribution in [1.29, 1.82) is 0 Å². The number of thioether (sulfide) groups is 1. The Morgan fingerprint density at radius 1 is 0.647 bits per heavy atom. The number of rotatable bonds is 14. The van der Waals surface area contributed by atoms with Crippen molar-refractivity contribution in [1.82, 2.24) is 0 Å². The van der Waals surface area contributed by atoms with Crippen LogP contribution in [0.2, 0.25) is 0 Å². The van der Waals surface area contributed by atoms with Gasteiger partial charge in [0.2, 0.25) is 0 Å². The van der Waals surface area contributed by atoms with E-state index in [2.05, 4.69) is 19.6 Å². The molecular formula is C16H33S. The summed E-state index contributed by atoms with van der Waals surface area (Å²) in [6.45, 7) is 4.55. The minimum atomic E-state index is 1.32. The van der Waals surface area contributed by atoms with Crippen LogP contribution in [0.3, 0.4) is 0 Å². The zero-order valence-electron chi connectivity index (χ0n) is 12.2. The maximum absolute atomic E-state index is 2.43.